The minimum absolute atomic E-state index is 0. The number of nitrogens with one attached hydrogen (secondary N) is 1. The molecule has 0 saturated carbocycles. The van der Waals surface area contributed by atoms with Crippen LogP contribution in [-0.4, -0.2) is 29.2 Å². The van der Waals surface area contributed by atoms with Gasteiger partial charge in [0.15, 0.2) is 6.61 Å². The molecule has 0 fully saturated rings. The van der Waals surface area contributed by atoms with Crippen molar-refractivity contribution < 1.29 is 22.7 Å². The van der Waals surface area contributed by atoms with E-state index in [-0.39, 0.29) is 30.7 Å². The Balaban J connectivity index is 0.00000484. The maximum absolute atomic E-state index is 12.1. The van der Waals surface area contributed by atoms with Crippen LogP contribution in [0.2, 0.25) is 0 Å². The van der Waals surface area contributed by atoms with Gasteiger partial charge in [0.05, 0.1) is 5.54 Å². The van der Waals surface area contributed by atoms with Crippen molar-refractivity contribution in [2.75, 3.05) is 6.61 Å². The molecular formula is C14H21ClF3N3O2. The molecule has 0 bridgehead atoms. The minimum Gasteiger partial charge on any atom is -0.468 e. The largest absolute Gasteiger partial charge is 0.468 e. The second kappa shape index (κ2) is 8.93. The van der Waals surface area contributed by atoms with Crippen LogP contribution in [0.3, 0.4) is 0 Å². The van der Waals surface area contributed by atoms with E-state index in [9.17, 15) is 18.0 Å². The van der Waals surface area contributed by atoms with Gasteiger partial charge < -0.3 is 15.8 Å². The summed E-state index contributed by atoms with van der Waals surface area (Å²) < 4.78 is 40.8. The van der Waals surface area contributed by atoms with E-state index in [1.165, 1.54) is 12.3 Å². The van der Waals surface area contributed by atoms with Crippen molar-refractivity contribution in [2.24, 2.45) is 5.73 Å². The van der Waals surface area contributed by atoms with Crippen LogP contribution in [0.4, 0.5) is 13.2 Å². The molecule has 0 aromatic carbocycles. The van der Waals surface area contributed by atoms with Crippen molar-refractivity contribution in [1.82, 2.24) is 10.3 Å². The monoisotopic (exact) mass is 355 g/mol. The summed E-state index contributed by atoms with van der Waals surface area (Å²) in [6.45, 7) is 2.29. The quantitative estimate of drug-likeness (QED) is 0.788. The average molecular weight is 356 g/mol. The lowest BCUT2D eigenvalue weighted by molar-refractivity contribution is -0.154. The lowest BCUT2D eigenvalue weighted by Crippen LogP contribution is -2.51. The van der Waals surface area contributed by atoms with E-state index in [4.69, 9.17) is 5.73 Å². The standard InChI is InChI=1S/C14H20F3N3O2.ClH/c1-3-5-13(2,18)12(21)20-8-10-4-6-19-11(7-10)22-9-14(15,16)17;/h4,6-7H,3,5,8-9,18H2,1-2H3,(H,20,21);1H. The molecule has 0 saturated heterocycles. The summed E-state index contributed by atoms with van der Waals surface area (Å²) in [5.41, 5.74) is 5.49. The molecule has 0 aliphatic heterocycles. The summed E-state index contributed by atoms with van der Waals surface area (Å²) >= 11 is 0. The summed E-state index contributed by atoms with van der Waals surface area (Å²) in [6, 6.07) is 2.92. The zero-order valence-corrected chi connectivity index (χ0v) is 13.8. The third-order valence-electron chi connectivity index (χ3n) is 2.92. The highest BCUT2D eigenvalue weighted by atomic mass is 35.5. The Bertz CT molecular complexity index is 510. The number of ether oxygens (including phenoxy) is 1. The molecule has 1 aromatic heterocycles. The second-order valence-corrected chi connectivity index (χ2v) is 5.26. The third-order valence-corrected chi connectivity index (χ3v) is 2.92. The molecule has 1 aromatic rings. The number of hydrogen-bond acceptors (Lipinski definition) is 4. The topological polar surface area (TPSA) is 77.2 Å². The zero-order chi connectivity index (χ0) is 16.8. The molecule has 23 heavy (non-hydrogen) atoms. The highest BCUT2D eigenvalue weighted by Crippen LogP contribution is 2.17. The normalized spacial score (nSPS) is 13.7. The number of hydrogen-bond donors (Lipinski definition) is 2. The molecule has 5 nitrogen and oxygen atoms in total. The lowest BCUT2D eigenvalue weighted by Gasteiger charge is -2.22. The summed E-state index contributed by atoms with van der Waals surface area (Å²) in [6.07, 6.45) is -1.80. The maximum Gasteiger partial charge on any atom is 0.422 e. The number of halogens is 4. The number of carbonyl (C=O) groups is 1. The van der Waals surface area contributed by atoms with Crippen molar-refractivity contribution in [3.8, 4) is 5.88 Å². The lowest BCUT2D eigenvalue weighted by atomic mass is 9.96. The summed E-state index contributed by atoms with van der Waals surface area (Å²) in [7, 11) is 0. The number of carbonyl (C=O) groups excluding carboxylic acids is 1. The van der Waals surface area contributed by atoms with Crippen LogP contribution in [0.15, 0.2) is 18.3 Å². The number of alkyl halides is 3. The van der Waals surface area contributed by atoms with Crippen LogP contribution in [-0.2, 0) is 11.3 Å². The first-order chi connectivity index (χ1) is 10.1. The van der Waals surface area contributed by atoms with Crippen molar-refractivity contribution in [1.29, 1.82) is 0 Å². The van der Waals surface area contributed by atoms with E-state index in [2.05, 4.69) is 15.0 Å². The van der Waals surface area contributed by atoms with Gasteiger partial charge in [-0.25, -0.2) is 4.98 Å². The van der Waals surface area contributed by atoms with E-state index in [0.29, 0.717) is 12.0 Å². The number of nitrogens with zero attached hydrogens (tertiary/aromatic N) is 1. The fourth-order valence-electron chi connectivity index (χ4n) is 1.81. The predicted molar refractivity (Wildman–Crippen MR) is 82.4 cm³/mol. The maximum atomic E-state index is 12.1. The van der Waals surface area contributed by atoms with Gasteiger partial charge in [0, 0.05) is 18.8 Å². The van der Waals surface area contributed by atoms with Crippen molar-refractivity contribution in [3.05, 3.63) is 23.9 Å². The molecule has 1 amide bonds. The predicted octanol–water partition coefficient (Wildman–Crippen LogP) is 2.58. The number of aromatic nitrogens is 1. The van der Waals surface area contributed by atoms with Gasteiger partial charge in [-0.3, -0.25) is 4.79 Å². The van der Waals surface area contributed by atoms with Crippen molar-refractivity contribution in [3.63, 3.8) is 0 Å². The van der Waals surface area contributed by atoms with Gasteiger partial charge in [0.1, 0.15) is 0 Å². The highest BCUT2D eigenvalue weighted by molar-refractivity contribution is 5.85. The average Bonchev–Trinajstić information content (AvgIpc) is 2.42. The van der Waals surface area contributed by atoms with E-state index >= 15 is 0 Å². The van der Waals surface area contributed by atoms with Gasteiger partial charge in [0.2, 0.25) is 11.8 Å². The minimum atomic E-state index is -4.42. The van der Waals surface area contributed by atoms with Gasteiger partial charge in [-0.15, -0.1) is 12.4 Å². The van der Waals surface area contributed by atoms with Crippen LogP contribution in [0.25, 0.3) is 0 Å². The molecule has 0 spiro atoms. The van der Waals surface area contributed by atoms with Gasteiger partial charge >= 0.3 is 6.18 Å². The Morgan fingerprint density at radius 3 is 2.65 bits per heavy atom. The molecule has 9 heteroatoms. The molecule has 1 heterocycles. The summed E-state index contributed by atoms with van der Waals surface area (Å²) in [4.78, 5) is 15.6. The molecule has 0 aliphatic rings. The number of rotatable bonds is 7. The molecule has 3 N–H and O–H groups in total. The van der Waals surface area contributed by atoms with Gasteiger partial charge in [-0.05, 0) is 25.0 Å². The Morgan fingerprint density at radius 1 is 1.43 bits per heavy atom. The molecule has 1 atom stereocenters. The van der Waals surface area contributed by atoms with Crippen LogP contribution < -0.4 is 15.8 Å². The van der Waals surface area contributed by atoms with Crippen LogP contribution >= 0.6 is 12.4 Å². The zero-order valence-electron chi connectivity index (χ0n) is 12.9. The van der Waals surface area contributed by atoms with Crippen LogP contribution in [0, 0.1) is 0 Å². The van der Waals surface area contributed by atoms with Gasteiger partial charge in [-0.1, -0.05) is 13.3 Å². The van der Waals surface area contributed by atoms with Crippen molar-refractivity contribution in [2.45, 2.75) is 44.9 Å². The number of pyridine rings is 1. The molecular weight excluding hydrogens is 335 g/mol. The first-order valence-electron chi connectivity index (χ1n) is 6.86. The SMILES string of the molecule is CCCC(C)(N)C(=O)NCc1ccnc(OCC(F)(F)F)c1.Cl. The summed E-state index contributed by atoms with van der Waals surface area (Å²) in [5, 5.41) is 2.65. The Kier molecular flexibility index (Phi) is 8.33. The van der Waals surface area contributed by atoms with Crippen molar-refractivity contribution >= 4 is 18.3 Å². The smallest absolute Gasteiger partial charge is 0.422 e. The Hall–Kier alpha value is -1.54. The fraction of sp³-hybridized carbons (Fsp3) is 0.571. The Morgan fingerprint density at radius 2 is 2.09 bits per heavy atom. The Labute approximate surface area is 139 Å². The summed E-state index contributed by atoms with van der Waals surface area (Å²) in [5.74, 6) is -0.461. The fourth-order valence-corrected chi connectivity index (χ4v) is 1.81. The van der Waals surface area contributed by atoms with Crippen LogP contribution in [0.5, 0.6) is 5.88 Å². The van der Waals surface area contributed by atoms with E-state index in [1.807, 2.05) is 6.92 Å². The molecule has 1 rings (SSSR count). The first kappa shape index (κ1) is 21.5. The molecule has 0 aliphatic carbocycles. The highest BCUT2D eigenvalue weighted by Gasteiger charge is 2.29. The third kappa shape index (κ3) is 8.03. The van der Waals surface area contributed by atoms with E-state index in [1.54, 1.807) is 13.0 Å². The van der Waals surface area contributed by atoms with Gasteiger partial charge in [0.25, 0.3) is 0 Å². The van der Waals surface area contributed by atoms with E-state index in [0.717, 1.165) is 6.42 Å². The second-order valence-electron chi connectivity index (χ2n) is 5.26. The van der Waals surface area contributed by atoms with Crippen LogP contribution in [0.1, 0.15) is 32.3 Å². The molecule has 0 radical (unpaired) electrons. The molecule has 132 valence electrons. The molecule has 1 unspecified atom stereocenters. The van der Waals surface area contributed by atoms with Gasteiger partial charge in [-0.2, -0.15) is 13.2 Å². The number of nitrogens with two attached hydrogens (primary N) is 1. The first-order valence-corrected chi connectivity index (χ1v) is 6.86. The van der Waals surface area contributed by atoms with E-state index < -0.39 is 18.3 Å². The number of amides is 1.